The second-order valence-corrected chi connectivity index (χ2v) is 1.70. The van der Waals surface area contributed by atoms with Crippen LogP contribution in [0, 0.1) is 5.89 Å². The molecule has 1 heterocycles. The predicted octanol–water partition coefficient (Wildman–Crippen LogP) is -0.0569. The predicted molar refractivity (Wildman–Crippen MR) is 31.2 cm³/mol. The maximum atomic E-state index is 10.7. The highest BCUT2D eigenvalue weighted by molar-refractivity contribution is 6.08. The van der Waals surface area contributed by atoms with Crippen LogP contribution < -0.4 is 5.32 Å². The first-order valence-corrected chi connectivity index (χ1v) is 2.43. The minimum atomic E-state index is -1.39. The third kappa shape index (κ3) is 1.13. The van der Waals surface area contributed by atoms with Crippen molar-refractivity contribution in [3.8, 4) is 0 Å². The summed E-state index contributed by atoms with van der Waals surface area (Å²) in [5, 5.41) is 1.91. The first-order chi connectivity index (χ1) is 4.52. The summed E-state index contributed by atoms with van der Waals surface area (Å²) in [4.78, 5) is 24.3. The van der Waals surface area contributed by atoms with Crippen LogP contribution in [0.3, 0.4) is 0 Å². The zero-order chi connectivity index (χ0) is 7.78. The Kier molecular flexibility index (Phi) is 1.02. The molecule has 3 amide bonds. The summed E-state index contributed by atoms with van der Waals surface area (Å²) in [5.41, 5.74) is 0. The van der Waals surface area contributed by atoms with Crippen LogP contribution in [0.2, 0.25) is 0 Å². The Morgan fingerprint density at radius 1 is 1.89 bits per heavy atom. The standard InChI is InChI=1S/C5H6N2O2/c1-3-2-6-5(9)7-4(3)8/h2-3H,1H3,(H,7,8,9)/i3D. The van der Waals surface area contributed by atoms with Crippen LogP contribution in [0.15, 0.2) is 4.99 Å². The first-order valence-electron chi connectivity index (χ1n) is 2.93. The highest BCUT2D eigenvalue weighted by atomic mass is 16.2. The van der Waals surface area contributed by atoms with E-state index in [1.165, 1.54) is 6.92 Å². The number of rotatable bonds is 0. The quantitative estimate of drug-likeness (QED) is 0.495. The Labute approximate surface area is 53.4 Å². The summed E-state index contributed by atoms with van der Waals surface area (Å²) >= 11 is 0. The summed E-state index contributed by atoms with van der Waals surface area (Å²) in [6, 6.07) is -0.699. The van der Waals surface area contributed by atoms with Crippen molar-refractivity contribution in [1.82, 2.24) is 5.32 Å². The molecule has 1 unspecified atom stereocenters. The summed E-state index contributed by atoms with van der Waals surface area (Å²) in [6.07, 6.45) is 1.02. The molecule has 0 aromatic rings. The van der Waals surface area contributed by atoms with E-state index in [-0.39, 0.29) is 0 Å². The largest absolute Gasteiger partial charge is 0.347 e. The number of imide groups is 1. The molecule has 4 nitrogen and oxygen atoms in total. The molecule has 0 spiro atoms. The number of hydrogen-bond donors (Lipinski definition) is 1. The van der Waals surface area contributed by atoms with Gasteiger partial charge in [-0.05, 0) is 6.92 Å². The fraction of sp³-hybridized carbons (Fsp3) is 0.400. The molecule has 0 aromatic carbocycles. The molecule has 1 N–H and O–H groups in total. The average Bonchev–Trinajstić information content (AvgIpc) is 1.81. The summed E-state index contributed by atoms with van der Waals surface area (Å²) in [6.45, 7) is 1.36. The zero-order valence-electron chi connectivity index (χ0n) is 5.84. The highest BCUT2D eigenvalue weighted by Crippen LogP contribution is 1.95. The smallest absolute Gasteiger partial charge is 0.276 e. The van der Waals surface area contributed by atoms with Crippen molar-refractivity contribution in [3.63, 3.8) is 0 Å². The van der Waals surface area contributed by atoms with Gasteiger partial charge in [-0.25, -0.2) is 9.79 Å². The number of urea groups is 1. The number of aliphatic imine (C=N–C) groups is 1. The molecule has 0 fully saturated rings. The molecule has 0 radical (unpaired) electrons. The molecule has 1 aliphatic heterocycles. The number of nitrogens with zero attached hydrogens (tertiary/aromatic N) is 1. The van der Waals surface area contributed by atoms with E-state index in [1.807, 2.05) is 5.32 Å². The van der Waals surface area contributed by atoms with Gasteiger partial charge in [0.25, 0.3) is 0 Å². The average molecular weight is 127 g/mol. The Balaban J connectivity index is 2.93. The van der Waals surface area contributed by atoms with Crippen molar-refractivity contribution < 1.29 is 11.0 Å². The van der Waals surface area contributed by atoms with Crippen molar-refractivity contribution >= 4 is 18.2 Å². The van der Waals surface area contributed by atoms with E-state index in [1.54, 1.807) is 0 Å². The molecule has 1 aliphatic rings. The molecular formula is C5H6N2O2. The van der Waals surface area contributed by atoms with Gasteiger partial charge < -0.3 is 0 Å². The monoisotopic (exact) mass is 127 g/mol. The van der Waals surface area contributed by atoms with Crippen LogP contribution >= 0.6 is 0 Å². The van der Waals surface area contributed by atoms with Crippen LogP contribution in [-0.4, -0.2) is 18.2 Å². The van der Waals surface area contributed by atoms with Gasteiger partial charge in [0.2, 0.25) is 5.91 Å². The van der Waals surface area contributed by atoms with Crippen LogP contribution in [0.5, 0.6) is 0 Å². The van der Waals surface area contributed by atoms with E-state index >= 15 is 0 Å². The van der Waals surface area contributed by atoms with Gasteiger partial charge in [0.05, 0.1) is 5.89 Å². The first kappa shape index (κ1) is 4.67. The summed E-state index contributed by atoms with van der Waals surface area (Å²) < 4.78 is 7.21. The van der Waals surface area contributed by atoms with E-state index in [4.69, 9.17) is 1.37 Å². The van der Waals surface area contributed by atoms with Crippen molar-refractivity contribution in [2.45, 2.75) is 6.92 Å². The minimum Gasteiger partial charge on any atom is -0.276 e. The van der Waals surface area contributed by atoms with E-state index in [2.05, 4.69) is 4.99 Å². The topological polar surface area (TPSA) is 58.5 Å². The zero-order valence-corrected chi connectivity index (χ0v) is 4.84. The van der Waals surface area contributed by atoms with Crippen LogP contribution in [-0.2, 0) is 4.79 Å². The number of amides is 3. The lowest BCUT2D eigenvalue weighted by Gasteiger charge is -2.08. The third-order valence-corrected chi connectivity index (χ3v) is 0.954. The van der Waals surface area contributed by atoms with Gasteiger partial charge in [0.1, 0.15) is 0 Å². The Morgan fingerprint density at radius 3 is 3.00 bits per heavy atom. The van der Waals surface area contributed by atoms with E-state index in [0.29, 0.717) is 0 Å². The van der Waals surface area contributed by atoms with Gasteiger partial charge in [-0.3, -0.25) is 10.1 Å². The number of hydrogen-bond acceptors (Lipinski definition) is 2. The van der Waals surface area contributed by atoms with Crippen molar-refractivity contribution in [1.29, 1.82) is 0 Å². The molecule has 0 saturated heterocycles. The summed E-state index contributed by atoms with van der Waals surface area (Å²) in [5.74, 6) is -2.03. The number of nitrogens with one attached hydrogen (secondary N) is 1. The van der Waals surface area contributed by atoms with Gasteiger partial charge in [-0.2, -0.15) is 0 Å². The van der Waals surface area contributed by atoms with E-state index < -0.39 is 17.8 Å². The molecule has 9 heavy (non-hydrogen) atoms. The van der Waals surface area contributed by atoms with Crippen molar-refractivity contribution in [3.05, 3.63) is 0 Å². The van der Waals surface area contributed by atoms with Crippen molar-refractivity contribution in [2.75, 3.05) is 0 Å². The molecule has 1 rings (SSSR count). The maximum absolute atomic E-state index is 10.7. The fourth-order valence-corrected chi connectivity index (χ4v) is 0.442. The van der Waals surface area contributed by atoms with E-state index in [0.717, 1.165) is 6.21 Å². The highest BCUT2D eigenvalue weighted by Gasteiger charge is 2.17. The molecular weight excluding hydrogens is 120 g/mol. The maximum Gasteiger partial charge on any atom is 0.347 e. The molecule has 4 heteroatoms. The van der Waals surface area contributed by atoms with Crippen LogP contribution in [0.25, 0.3) is 0 Å². The Hall–Kier alpha value is -1.19. The van der Waals surface area contributed by atoms with Gasteiger partial charge in [-0.1, -0.05) is 0 Å². The molecule has 0 saturated carbocycles. The van der Waals surface area contributed by atoms with E-state index in [9.17, 15) is 9.59 Å². The molecule has 1 atom stereocenters. The van der Waals surface area contributed by atoms with Gasteiger partial charge in [0.15, 0.2) is 0 Å². The molecule has 0 bridgehead atoms. The molecule has 48 valence electrons. The Morgan fingerprint density at radius 2 is 2.56 bits per heavy atom. The van der Waals surface area contributed by atoms with Gasteiger partial charge in [0, 0.05) is 7.59 Å². The van der Waals surface area contributed by atoms with Gasteiger partial charge >= 0.3 is 6.03 Å². The van der Waals surface area contributed by atoms with Crippen LogP contribution in [0.4, 0.5) is 4.79 Å². The summed E-state index contributed by atoms with van der Waals surface area (Å²) in [7, 11) is 0. The lowest BCUT2D eigenvalue weighted by atomic mass is 10.2. The molecule has 0 aromatic heterocycles. The van der Waals surface area contributed by atoms with Crippen molar-refractivity contribution in [2.24, 2.45) is 10.9 Å². The Bertz CT molecular complexity index is 222. The van der Waals surface area contributed by atoms with Gasteiger partial charge in [-0.15, -0.1) is 0 Å². The lowest BCUT2D eigenvalue weighted by molar-refractivity contribution is -0.121. The normalized spacial score (nSPS) is 35.9. The SMILES string of the molecule is [2H]C1(C)C=NC(=O)NC1=O. The fourth-order valence-electron chi connectivity index (χ4n) is 0.442. The number of carbonyl (C=O) groups excluding carboxylic acids is 2. The third-order valence-electron chi connectivity index (χ3n) is 0.954. The second kappa shape index (κ2) is 1.97. The molecule has 0 aliphatic carbocycles. The minimum absolute atomic E-state index is 0.632. The second-order valence-electron chi connectivity index (χ2n) is 1.70. The van der Waals surface area contributed by atoms with Crippen LogP contribution in [0.1, 0.15) is 8.29 Å². The lowest BCUT2D eigenvalue weighted by Crippen LogP contribution is -2.37. The number of carbonyl (C=O) groups is 2.